The highest BCUT2D eigenvalue weighted by molar-refractivity contribution is 8.76. The number of anilines is 1. The Hall–Kier alpha value is -6.20. The number of carboxylic acid groups (broad SMARTS) is 4. The highest BCUT2D eigenvalue weighted by Crippen LogP contribution is 2.41. The minimum Gasteiger partial charge on any atom is -0.480 e. The van der Waals surface area contributed by atoms with E-state index in [0.29, 0.717) is 21.6 Å². The molecule has 0 aliphatic rings. The number of nitro groups is 3. The number of hydrogen-bond acceptors (Lipinski definition) is 18. The Kier molecular flexibility index (Phi) is 18.8. The quantitative estimate of drug-likeness (QED) is 0.0218. The van der Waals surface area contributed by atoms with Crippen LogP contribution in [0.25, 0.3) is 0 Å². The molecule has 0 saturated carbocycles. The number of carbonyl (C=O) groups is 8. The smallest absolute Gasteiger partial charge is 0.323 e. The van der Waals surface area contributed by atoms with Crippen LogP contribution in [0.1, 0.15) is 25.7 Å². The number of nitro benzene ring substituents is 3. The van der Waals surface area contributed by atoms with Gasteiger partial charge in [-0.15, -0.1) is 0 Å². The van der Waals surface area contributed by atoms with Crippen LogP contribution < -0.4 is 32.3 Å². The normalized spacial score (nSPS) is 12.8. The Morgan fingerprint density at radius 3 is 1.53 bits per heavy atom. The van der Waals surface area contributed by atoms with Gasteiger partial charge in [0.25, 0.3) is 11.6 Å². The Morgan fingerprint density at radius 2 is 1.15 bits per heavy atom. The Morgan fingerprint density at radius 1 is 0.709 bits per heavy atom. The van der Waals surface area contributed by atoms with Gasteiger partial charge in [0, 0.05) is 24.3 Å². The van der Waals surface area contributed by atoms with Crippen molar-refractivity contribution in [1.29, 1.82) is 0 Å². The molecule has 29 heteroatoms. The van der Waals surface area contributed by atoms with Gasteiger partial charge in [0.2, 0.25) is 23.4 Å². The first-order chi connectivity index (χ1) is 25.6. The number of benzene rings is 1. The molecule has 0 radical (unpaired) electrons. The lowest BCUT2D eigenvalue weighted by molar-refractivity contribution is -0.402. The van der Waals surface area contributed by atoms with E-state index in [0.717, 1.165) is 0 Å². The first-order valence-corrected chi connectivity index (χ1v) is 17.5. The van der Waals surface area contributed by atoms with Gasteiger partial charge in [-0.1, -0.05) is 21.6 Å². The molecule has 0 bridgehead atoms. The van der Waals surface area contributed by atoms with Crippen molar-refractivity contribution in [3.05, 3.63) is 42.5 Å². The molecule has 0 saturated heterocycles. The topological polar surface area (TPSA) is 438 Å². The second-order valence-corrected chi connectivity index (χ2v) is 13.4. The van der Waals surface area contributed by atoms with Gasteiger partial charge >= 0.3 is 35.3 Å². The lowest BCUT2D eigenvalue weighted by Crippen LogP contribution is -2.52. The van der Waals surface area contributed by atoms with Crippen LogP contribution >= 0.6 is 21.6 Å². The third kappa shape index (κ3) is 15.7. The SMILES string of the molecule is N[C@@H](CCC(=O)N[C@@H](CSSC[C@H](NC(=O)CC[C@H](N)C(=O)O)C(=O)N(CC(=O)O)c1c([N+](=O)[O-])cc([N+](=O)[O-])cc1[N+](=O)[O-])C(=O)NCC(=O)O)C(=O)O. The number of rotatable bonds is 25. The largest absolute Gasteiger partial charge is 0.480 e. The molecule has 4 amide bonds. The zero-order valence-electron chi connectivity index (χ0n) is 27.9. The molecule has 0 unspecified atom stereocenters. The average Bonchev–Trinajstić information content (AvgIpc) is 3.10. The van der Waals surface area contributed by atoms with E-state index < -0.39 is 153 Å². The van der Waals surface area contributed by atoms with E-state index in [4.69, 9.17) is 26.8 Å². The number of nitrogens with zero attached hydrogens (tertiary/aromatic N) is 4. The van der Waals surface area contributed by atoms with E-state index in [2.05, 4.69) is 10.6 Å². The van der Waals surface area contributed by atoms with E-state index in [1.165, 1.54) is 0 Å². The minimum absolute atomic E-state index is 0.0195. The number of non-ortho nitro benzene ring substituents is 1. The zero-order chi connectivity index (χ0) is 42.2. The standard InChI is InChI=1S/C26H33N9O18S2/c27-12(25(44)45)1-3-18(36)30-14(23(42)29-7-20(38)39)9-54-55-10-15(31-19(37)4-2-13(28)26(46)47)24(43)32(8-21(40)41)22-16(34(50)51)5-11(33(48)49)6-17(22)35(52)53/h5-6,12-15H,1-4,7-10,27-28H2,(H,29,42)(H,30,36)(H,31,37)(H,38,39)(H,40,41)(H,44,45)(H,46,47)/t12-,13-,14-,15-/m0/s1. The fraction of sp³-hybridized carbons (Fsp3) is 0.462. The first kappa shape index (κ1) is 46.8. The average molecular weight is 824 g/mol. The molecular weight excluding hydrogens is 790 g/mol. The van der Waals surface area contributed by atoms with Crippen LogP contribution in [0.2, 0.25) is 0 Å². The molecule has 0 fully saturated rings. The van der Waals surface area contributed by atoms with Gasteiger partial charge in [-0.3, -0.25) is 73.6 Å². The molecule has 0 spiro atoms. The Bertz CT molecular complexity index is 1680. The monoisotopic (exact) mass is 823 g/mol. The fourth-order valence-corrected chi connectivity index (χ4v) is 6.39. The summed E-state index contributed by atoms with van der Waals surface area (Å²) in [4.78, 5) is 128. The summed E-state index contributed by atoms with van der Waals surface area (Å²) in [5, 5.41) is 78.1. The van der Waals surface area contributed by atoms with Crippen molar-refractivity contribution in [1.82, 2.24) is 16.0 Å². The molecule has 1 rings (SSSR count). The van der Waals surface area contributed by atoms with Crippen molar-refractivity contribution in [2.24, 2.45) is 11.5 Å². The maximum atomic E-state index is 13.9. The van der Waals surface area contributed by atoms with Crippen LogP contribution in [0.5, 0.6) is 0 Å². The van der Waals surface area contributed by atoms with Gasteiger partial charge in [-0.2, -0.15) is 0 Å². The fourth-order valence-electron chi connectivity index (χ4n) is 4.07. The van der Waals surface area contributed by atoms with Crippen LogP contribution in [-0.2, 0) is 38.4 Å². The van der Waals surface area contributed by atoms with E-state index in [1.54, 1.807) is 0 Å². The molecular formula is C26H33N9O18S2. The molecule has 1 aromatic rings. The second-order valence-electron chi connectivity index (χ2n) is 10.8. The van der Waals surface area contributed by atoms with Gasteiger partial charge in [0.05, 0.1) is 26.9 Å². The zero-order valence-corrected chi connectivity index (χ0v) is 29.5. The number of amides is 4. The highest BCUT2D eigenvalue weighted by Gasteiger charge is 2.40. The molecule has 11 N–H and O–H groups in total. The summed E-state index contributed by atoms with van der Waals surface area (Å²) in [6.07, 6.45) is -1.99. The Labute approximate surface area is 314 Å². The van der Waals surface area contributed by atoms with Gasteiger partial charge in [0.1, 0.15) is 37.3 Å². The summed E-state index contributed by atoms with van der Waals surface area (Å²) in [7, 11) is 1.31. The van der Waals surface area contributed by atoms with Gasteiger partial charge in [0.15, 0.2) is 0 Å². The first-order valence-electron chi connectivity index (χ1n) is 15.0. The van der Waals surface area contributed by atoms with Crippen molar-refractivity contribution in [2.45, 2.75) is 49.9 Å². The van der Waals surface area contributed by atoms with Gasteiger partial charge in [-0.25, -0.2) is 0 Å². The summed E-state index contributed by atoms with van der Waals surface area (Å²) >= 11 is 0. The molecule has 0 aliphatic heterocycles. The number of carbonyl (C=O) groups excluding carboxylic acids is 4. The molecule has 27 nitrogen and oxygen atoms in total. The number of carboxylic acids is 4. The van der Waals surface area contributed by atoms with E-state index in [9.17, 15) is 73.8 Å². The summed E-state index contributed by atoms with van der Waals surface area (Å²) in [6.45, 7) is -2.42. The van der Waals surface area contributed by atoms with E-state index in [1.807, 2.05) is 5.32 Å². The highest BCUT2D eigenvalue weighted by atomic mass is 33.1. The molecule has 302 valence electrons. The van der Waals surface area contributed by atoms with Crippen molar-refractivity contribution in [2.75, 3.05) is 29.5 Å². The number of nitrogens with one attached hydrogen (secondary N) is 3. The van der Waals surface area contributed by atoms with Crippen LogP contribution in [0.15, 0.2) is 12.1 Å². The number of hydrogen-bond donors (Lipinski definition) is 9. The van der Waals surface area contributed by atoms with Crippen LogP contribution in [0.3, 0.4) is 0 Å². The third-order valence-corrected chi connectivity index (χ3v) is 9.16. The van der Waals surface area contributed by atoms with Gasteiger partial charge in [-0.05, 0) is 12.8 Å². The summed E-state index contributed by atoms with van der Waals surface area (Å²) in [5.74, 6) is -11.9. The van der Waals surface area contributed by atoms with Crippen LogP contribution in [0.4, 0.5) is 22.7 Å². The molecule has 0 aromatic heterocycles. The number of nitrogens with two attached hydrogens (primary N) is 2. The molecule has 4 atom stereocenters. The van der Waals surface area contributed by atoms with Crippen molar-refractivity contribution >= 4 is 91.8 Å². The predicted molar refractivity (Wildman–Crippen MR) is 186 cm³/mol. The maximum absolute atomic E-state index is 13.9. The summed E-state index contributed by atoms with van der Waals surface area (Å²) in [6, 6.07) is -6.00. The summed E-state index contributed by atoms with van der Waals surface area (Å²) in [5.41, 5.74) is 5.41. The predicted octanol–water partition coefficient (Wildman–Crippen LogP) is -2.24. The van der Waals surface area contributed by atoms with E-state index >= 15 is 0 Å². The minimum atomic E-state index is -1.95. The maximum Gasteiger partial charge on any atom is 0.323 e. The van der Waals surface area contributed by atoms with Crippen molar-refractivity contribution in [3.8, 4) is 0 Å². The van der Waals surface area contributed by atoms with Crippen LogP contribution in [-0.4, -0.2) is 131 Å². The van der Waals surface area contributed by atoms with Crippen molar-refractivity contribution in [3.63, 3.8) is 0 Å². The van der Waals surface area contributed by atoms with Crippen molar-refractivity contribution < 1.29 is 73.6 Å². The Balaban J connectivity index is 3.55. The van der Waals surface area contributed by atoms with E-state index in [-0.39, 0.29) is 23.5 Å². The molecule has 1 aromatic carbocycles. The lowest BCUT2D eigenvalue weighted by Gasteiger charge is -2.26. The van der Waals surface area contributed by atoms with Crippen LogP contribution in [0, 0.1) is 30.3 Å². The third-order valence-electron chi connectivity index (χ3n) is 6.74. The molecule has 55 heavy (non-hydrogen) atoms. The summed E-state index contributed by atoms with van der Waals surface area (Å²) < 4.78 is 0. The lowest BCUT2D eigenvalue weighted by atomic mass is 10.1. The number of aliphatic carboxylic acids is 4. The molecule has 0 heterocycles. The van der Waals surface area contributed by atoms with Gasteiger partial charge < -0.3 is 47.8 Å². The molecule has 0 aliphatic carbocycles. The second kappa shape index (κ2) is 22.1.